The zero-order valence-corrected chi connectivity index (χ0v) is 8.97. The molecule has 3 atom stereocenters. The first-order valence-electron chi connectivity index (χ1n) is 5.49. The lowest BCUT2D eigenvalue weighted by molar-refractivity contribution is -0.0281. The summed E-state index contributed by atoms with van der Waals surface area (Å²) in [6.07, 6.45) is 4.18. The Labute approximate surface area is 90.1 Å². The third-order valence-corrected chi connectivity index (χ3v) is 2.84. The van der Waals surface area contributed by atoms with E-state index in [1.165, 1.54) is 0 Å². The maximum absolute atomic E-state index is 9.96. The molecular formula is C12H17NO2. The van der Waals surface area contributed by atoms with Crippen LogP contribution in [0.25, 0.3) is 0 Å². The van der Waals surface area contributed by atoms with E-state index in [2.05, 4.69) is 4.98 Å². The number of aliphatic hydroxyl groups excluding tert-OH is 1. The van der Waals surface area contributed by atoms with Gasteiger partial charge >= 0.3 is 0 Å². The van der Waals surface area contributed by atoms with Gasteiger partial charge in [0.1, 0.15) is 0 Å². The van der Waals surface area contributed by atoms with Crippen LogP contribution >= 0.6 is 0 Å². The molecule has 1 N–H and O–H groups in total. The molecule has 0 spiro atoms. The van der Waals surface area contributed by atoms with Gasteiger partial charge in [-0.1, -0.05) is 6.07 Å². The highest BCUT2D eigenvalue weighted by Crippen LogP contribution is 2.23. The van der Waals surface area contributed by atoms with Crippen molar-refractivity contribution >= 4 is 0 Å². The number of ether oxygens (including phenoxy) is 1. The quantitative estimate of drug-likeness (QED) is 0.817. The molecule has 1 aromatic heterocycles. The van der Waals surface area contributed by atoms with Gasteiger partial charge in [0, 0.05) is 18.3 Å². The van der Waals surface area contributed by atoms with E-state index < -0.39 is 6.10 Å². The van der Waals surface area contributed by atoms with Crippen LogP contribution in [0, 0.1) is 0 Å². The summed E-state index contributed by atoms with van der Waals surface area (Å²) in [6, 6.07) is 5.75. The third-order valence-electron chi connectivity index (χ3n) is 2.84. The fourth-order valence-electron chi connectivity index (χ4n) is 1.98. The number of hydrogen-bond acceptors (Lipinski definition) is 3. The van der Waals surface area contributed by atoms with E-state index in [-0.39, 0.29) is 12.2 Å². The maximum Gasteiger partial charge on any atom is 0.0857 e. The predicted octanol–water partition coefficient (Wildman–Crippen LogP) is 1.55. The van der Waals surface area contributed by atoms with Crippen LogP contribution in [0.3, 0.4) is 0 Å². The van der Waals surface area contributed by atoms with Crippen LogP contribution in [0.15, 0.2) is 24.4 Å². The third kappa shape index (κ3) is 2.76. The summed E-state index contributed by atoms with van der Waals surface area (Å²) in [4.78, 5) is 4.19. The fraction of sp³-hybridized carbons (Fsp3) is 0.583. The first-order chi connectivity index (χ1) is 7.25. The van der Waals surface area contributed by atoms with Crippen molar-refractivity contribution in [3.05, 3.63) is 30.1 Å². The standard InChI is InChI=1S/C12H17NO2/c1-9-5-6-12(15-9)11(14)8-10-4-2-3-7-13-10/h2-4,7,9,11-12,14H,5-6,8H2,1H3. The molecule has 1 aliphatic heterocycles. The van der Waals surface area contributed by atoms with Crippen molar-refractivity contribution < 1.29 is 9.84 Å². The lowest BCUT2D eigenvalue weighted by Crippen LogP contribution is -2.28. The first kappa shape index (κ1) is 10.6. The minimum atomic E-state index is -0.426. The number of aromatic nitrogens is 1. The molecule has 3 heteroatoms. The number of hydrogen-bond donors (Lipinski definition) is 1. The van der Waals surface area contributed by atoms with Crippen molar-refractivity contribution in [1.29, 1.82) is 0 Å². The molecule has 0 radical (unpaired) electrons. The van der Waals surface area contributed by atoms with E-state index in [0.29, 0.717) is 6.42 Å². The molecule has 15 heavy (non-hydrogen) atoms. The molecule has 1 aliphatic rings. The monoisotopic (exact) mass is 207 g/mol. The molecule has 1 fully saturated rings. The van der Waals surface area contributed by atoms with Gasteiger partial charge < -0.3 is 9.84 Å². The lowest BCUT2D eigenvalue weighted by Gasteiger charge is -2.17. The second-order valence-corrected chi connectivity index (χ2v) is 4.16. The SMILES string of the molecule is CC1CCC(C(O)Cc2ccccn2)O1. The summed E-state index contributed by atoms with van der Waals surface area (Å²) < 4.78 is 5.62. The van der Waals surface area contributed by atoms with Gasteiger partial charge in [-0.25, -0.2) is 0 Å². The van der Waals surface area contributed by atoms with Gasteiger partial charge in [-0.15, -0.1) is 0 Å². The van der Waals surface area contributed by atoms with Gasteiger partial charge in [0.2, 0.25) is 0 Å². The molecule has 3 unspecified atom stereocenters. The molecule has 0 bridgehead atoms. The summed E-state index contributed by atoms with van der Waals surface area (Å²) in [5.41, 5.74) is 0.924. The normalized spacial score (nSPS) is 27.9. The van der Waals surface area contributed by atoms with Crippen LogP contribution in [0.4, 0.5) is 0 Å². The van der Waals surface area contributed by atoms with E-state index in [0.717, 1.165) is 18.5 Å². The average molecular weight is 207 g/mol. The Kier molecular flexibility index (Phi) is 3.34. The Bertz CT molecular complexity index is 302. The highest BCUT2D eigenvalue weighted by Gasteiger charge is 2.28. The van der Waals surface area contributed by atoms with Crippen LogP contribution in [0.2, 0.25) is 0 Å². The summed E-state index contributed by atoms with van der Waals surface area (Å²) in [5, 5.41) is 9.96. The van der Waals surface area contributed by atoms with Crippen molar-refractivity contribution in [2.24, 2.45) is 0 Å². The molecular weight excluding hydrogens is 190 g/mol. The molecule has 2 heterocycles. The van der Waals surface area contributed by atoms with Gasteiger partial charge in [-0.3, -0.25) is 4.98 Å². The van der Waals surface area contributed by atoms with Crippen LogP contribution in [0.5, 0.6) is 0 Å². The van der Waals surface area contributed by atoms with Gasteiger partial charge in [-0.05, 0) is 31.9 Å². The molecule has 1 aromatic rings. The summed E-state index contributed by atoms with van der Waals surface area (Å²) in [5.74, 6) is 0. The minimum absolute atomic E-state index is 0.0120. The highest BCUT2D eigenvalue weighted by atomic mass is 16.5. The number of aliphatic hydroxyl groups is 1. The minimum Gasteiger partial charge on any atom is -0.390 e. The van der Waals surface area contributed by atoms with Gasteiger partial charge in [0.15, 0.2) is 0 Å². The van der Waals surface area contributed by atoms with E-state index in [1.54, 1.807) is 6.20 Å². The van der Waals surface area contributed by atoms with Crippen molar-refractivity contribution in [3.63, 3.8) is 0 Å². The number of rotatable bonds is 3. The van der Waals surface area contributed by atoms with Crippen molar-refractivity contribution in [3.8, 4) is 0 Å². The smallest absolute Gasteiger partial charge is 0.0857 e. The van der Waals surface area contributed by atoms with Crippen molar-refractivity contribution in [2.45, 2.75) is 44.5 Å². The molecule has 0 amide bonds. The largest absolute Gasteiger partial charge is 0.390 e. The van der Waals surface area contributed by atoms with Gasteiger partial charge in [-0.2, -0.15) is 0 Å². The van der Waals surface area contributed by atoms with Crippen LogP contribution < -0.4 is 0 Å². The van der Waals surface area contributed by atoms with Crippen molar-refractivity contribution in [1.82, 2.24) is 4.98 Å². The average Bonchev–Trinajstić information content (AvgIpc) is 2.66. The van der Waals surface area contributed by atoms with E-state index in [4.69, 9.17) is 4.74 Å². The Hall–Kier alpha value is -0.930. The number of pyridine rings is 1. The molecule has 0 aliphatic carbocycles. The predicted molar refractivity (Wildman–Crippen MR) is 57.5 cm³/mol. The van der Waals surface area contributed by atoms with Crippen molar-refractivity contribution in [2.75, 3.05) is 0 Å². The zero-order valence-electron chi connectivity index (χ0n) is 8.97. The first-order valence-corrected chi connectivity index (χ1v) is 5.49. The Morgan fingerprint density at radius 3 is 3.00 bits per heavy atom. The van der Waals surface area contributed by atoms with E-state index in [1.807, 2.05) is 25.1 Å². The van der Waals surface area contributed by atoms with Gasteiger partial charge in [0.25, 0.3) is 0 Å². The Morgan fingerprint density at radius 2 is 2.40 bits per heavy atom. The Morgan fingerprint density at radius 1 is 1.53 bits per heavy atom. The summed E-state index contributed by atoms with van der Waals surface area (Å²) in [6.45, 7) is 2.05. The molecule has 3 nitrogen and oxygen atoms in total. The molecule has 82 valence electrons. The van der Waals surface area contributed by atoms with Crippen LogP contribution in [0.1, 0.15) is 25.5 Å². The number of nitrogens with zero attached hydrogens (tertiary/aromatic N) is 1. The lowest BCUT2D eigenvalue weighted by atomic mass is 10.1. The second kappa shape index (κ2) is 4.73. The molecule has 1 saturated heterocycles. The fourth-order valence-corrected chi connectivity index (χ4v) is 1.98. The zero-order chi connectivity index (χ0) is 10.7. The highest BCUT2D eigenvalue weighted by molar-refractivity contribution is 5.05. The van der Waals surface area contributed by atoms with Gasteiger partial charge in [0.05, 0.1) is 18.3 Å². The van der Waals surface area contributed by atoms with E-state index in [9.17, 15) is 5.11 Å². The van der Waals surface area contributed by atoms with E-state index >= 15 is 0 Å². The van der Waals surface area contributed by atoms with Crippen LogP contribution in [-0.4, -0.2) is 28.4 Å². The maximum atomic E-state index is 9.96. The molecule has 0 saturated carbocycles. The molecule has 2 rings (SSSR count). The second-order valence-electron chi connectivity index (χ2n) is 4.16. The summed E-state index contributed by atoms with van der Waals surface area (Å²) >= 11 is 0. The Balaban J connectivity index is 1.90. The summed E-state index contributed by atoms with van der Waals surface area (Å²) in [7, 11) is 0. The van der Waals surface area contributed by atoms with Crippen LogP contribution in [-0.2, 0) is 11.2 Å². The molecule has 0 aromatic carbocycles. The topological polar surface area (TPSA) is 42.4 Å².